The molecule has 2 spiro atoms. The molecule has 0 amide bonds. The predicted molar refractivity (Wildman–Crippen MR) is 154 cm³/mol. The number of rotatable bonds is 6. The molecule has 2 N–H and O–H groups in total. The average molecular weight is 518 g/mol. The molecule has 2 fully saturated rings. The van der Waals surface area contributed by atoms with Gasteiger partial charge in [0.15, 0.2) is 0 Å². The number of benzene rings is 2. The van der Waals surface area contributed by atoms with E-state index in [1.54, 1.807) is 11.1 Å². The highest BCUT2D eigenvalue weighted by molar-refractivity contribution is 5.38. The van der Waals surface area contributed by atoms with Gasteiger partial charge in [0.1, 0.15) is 6.23 Å². The molecule has 0 aromatic heterocycles. The minimum atomic E-state index is -0.409. The fourth-order valence-electron chi connectivity index (χ4n) is 8.04. The Balaban J connectivity index is 0.953. The number of piperidine rings is 2. The molecule has 4 aliphatic rings. The van der Waals surface area contributed by atoms with E-state index < -0.39 is 6.23 Å². The van der Waals surface area contributed by atoms with Gasteiger partial charge in [-0.2, -0.15) is 0 Å². The highest BCUT2D eigenvalue weighted by Gasteiger charge is 2.44. The molecule has 1 atom stereocenters. The van der Waals surface area contributed by atoms with Crippen molar-refractivity contribution in [2.24, 2.45) is 0 Å². The zero-order chi connectivity index (χ0) is 26.2. The summed E-state index contributed by atoms with van der Waals surface area (Å²) in [5.74, 6) is 0. The summed E-state index contributed by atoms with van der Waals surface area (Å²) in [6.07, 6.45) is 6.49. The van der Waals surface area contributed by atoms with Crippen molar-refractivity contribution in [3.05, 3.63) is 70.8 Å². The summed E-state index contributed by atoms with van der Waals surface area (Å²) in [6.45, 7) is 9.11. The van der Waals surface area contributed by atoms with Crippen molar-refractivity contribution < 1.29 is 5.11 Å². The molecule has 4 heterocycles. The van der Waals surface area contributed by atoms with E-state index in [1.807, 2.05) is 0 Å². The van der Waals surface area contributed by atoms with E-state index in [0.29, 0.717) is 6.54 Å². The van der Waals surface area contributed by atoms with Crippen LogP contribution in [0.2, 0.25) is 0 Å². The number of likely N-dealkylation sites (N-methyl/N-ethyl adjacent to an activating group) is 2. The topological polar surface area (TPSA) is 45.2 Å². The Hall–Kier alpha value is -1.80. The number of likely N-dealkylation sites (tertiary alicyclic amines) is 2. The summed E-state index contributed by atoms with van der Waals surface area (Å²) in [7, 11) is 4.61. The fourth-order valence-corrected chi connectivity index (χ4v) is 8.04. The Bertz CT molecular complexity index is 1090. The molecule has 0 bridgehead atoms. The van der Waals surface area contributed by atoms with Crippen molar-refractivity contribution in [1.29, 1.82) is 0 Å². The van der Waals surface area contributed by atoms with E-state index in [1.165, 1.54) is 30.4 Å². The number of nitrogens with zero attached hydrogens (tertiary/aromatic N) is 4. The number of aliphatic hydroxyl groups excluding tert-OH is 1. The first-order chi connectivity index (χ1) is 18.5. The van der Waals surface area contributed by atoms with Gasteiger partial charge in [0.25, 0.3) is 0 Å². The summed E-state index contributed by atoms with van der Waals surface area (Å²) in [5.41, 5.74) is 6.51. The Labute approximate surface area is 229 Å². The number of fused-ring (bicyclic) bond motifs is 4. The SMILES string of the molecule is CN1CCc2ccccc2C12CCN(CCNCC(O)N1CCC3(CC1)c1ccccc1CCN3C)CC2. The fraction of sp³-hybridized carbons (Fsp3) is 0.625. The third-order valence-electron chi connectivity index (χ3n) is 10.6. The first-order valence-corrected chi connectivity index (χ1v) is 15.0. The Morgan fingerprint density at radius 3 is 1.79 bits per heavy atom. The molecule has 0 saturated carbocycles. The van der Waals surface area contributed by atoms with Crippen LogP contribution in [0.25, 0.3) is 0 Å². The van der Waals surface area contributed by atoms with E-state index in [-0.39, 0.29) is 11.1 Å². The Morgan fingerprint density at radius 2 is 1.24 bits per heavy atom. The van der Waals surface area contributed by atoms with Crippen molar-refractivity contribution in [2.45, 2.75) is 55.8 Å². The number of aliphatic hydroxyl groups is 1. The zero-order valence-corrected chi connectivity index (χ0v) is 23.5. The van der Waals surface area contributed by atoms with E-state index in [2.05, 4.69) is 87.5 Å². The quantitative estimate of drug-likeness (QED) is 0.575. The van der Waals surface area contributed by atoms with Crippen LogP contribution in [0.1, 0.15) is 47.9 Å². The second-order valence-electron chi connectivity index (χ2n) is 12.3. The first-order valence-electron chi connectivity index (χ1n) is 15.0. The van der Waals surface area contributed by atoms with Crippen LogP contribution in [0.3, 0.4) is 0 Å². The summed E-state index contributed by atoms with van der Waals surface area (Å²) in [4.78, 5) is 10.1. The molecule has 2 aromatic carbocycles. The molecule has 0 aliphatic carbocycles. The second-order valence-corrected chi connectivity index (χ2v) is 12.3. The van der Waals surface area contributed by atoms with Crippen molar-refractivity contribution in [3.63, 3.8) is 0 Å². The third kappa shape index (κ3) is 4.74. The molecule has 4 aliphatic heterocycles. The molecule has 0 radical (unpaired) electrons. The monoisotopic (exact) mass is 517 g/mol. The molecular formula is C32H47N5O. The molecule has 2 aromatic rings. The lowest BCUT2D eigenvalue weighted by molar-refractivity contribution is -0.0504. The van der Waals surface area contributed by atoms with Crippen molar-refractivity contribution in [3.8, 4) is 0 Å². The number of hydrogen-bond donors (Lipinski definition) is 2. The molecule has 6 nitrogen and oxygen atoms in total. The van der Waals surface area contributed by atoms with Gasteiger partial charge in [-0.3, -0.25) is 14.7 Å². The van der Waals surface area contributed by atoms with Gasteiger partial charge in [-0.1, -0.05) is 48.5 Å². The minimum Gasteiger partial charge on any atom is -0.377 e. The van der Waals surface area contributed by atoms with Gasteiger partial charge in [-0.05, 0) is 74.9 Å². The third-order valence-corrected chi connectivity index (χ3v) is 10.6. The lowest BCUT2D eigenvalue weighted by atomic mass is 9.74. The zero-order valence-electron chi connectivity index (χ0n) is 23.5. The summed E-state index contributed by atoms with van der Waals surface area (Å²) < 4.78 is 0. The first kappa shape index (κ1) is 26.4. The lowest BCUT2D eigenvalue weighted by Gasteiger charge is -2.51. The number of hydrogen-bond acceptors (Lipinski definition) is 6. The van der Waals surface area contributed by atoms with Crippen LogP contribution < -0.4 is 5.32 Å². The largest absolute Gasteiger partial charge is 0.377 e. The maximum atomic E-state index is 11.0. The summed E-state index contributed by atoms with van der Waals surface area (Å²) in [6, 6.07) is 18.1. The van der Waals surface area contributed by atoms with Crippen LogP contribution in [-0.2, 0) is 23.9 Å². The van der Waals surface area contributed by atoms with Gasteiger partial charge in [-0.15, -0.1) is 0 Å². The van der Waals surface area contributed by atoms with E-state index in [9.17, 15) is 5.11 Å². The van der Waals surface area contributed by atoms with Gasteiger partial charge in [-0.25, -0.2) is 0 Å². The Kier molecular flexibility index (Phi) is 7.64. The van der Waals surface area contributed by atoms with Crippen LogP contribution in [-0.4, -0.2) is 104 Å². The van der Waals surface area contributed by atoms with Crippen molar-refractivity contribution in [2.75, 3.05) is 73.0 Å². The smallest absolute Gasteiger partial charge is 0.119 e. The minimum absolute atomic E-state index is 0.136. The van der Waals surface area contributed by atoms with Crippen LogP contribution >= 0.6 is 0 Å². The molecule has 1 unspecified atom stereocenters. The van der Waals surface area contributed by atoms with Gasteiger partial charge in [0, 0.05) is 70.0 Å². The molecule has 2 saturated heterocycles. The predicted octanol–water partition coefficient (Wildman–Crippen LogP) is 2.85. The van der Waals surface area contributed by atoms with Crippen LogP contribution in [0.4, 0.5) is 0 Å². The maximum absolute atomic E-state index is 11.0. The van der Waals surface area contributed by atoms with E-state index in [4.69, 9.17) is 0 Å². The van der Waals surface area contributed by atoms with Gasteiger partial charge >= 0.3 is 0 Å². The molecule has 38 heavy (non-hydrogen) atoms. The van der Waals surface area contributed by atoms with E-state index in [0.717, 1.165) is 71.6 Å². The maximum Gasteiger partial charge on any atom is 0.119 e. The molecule has 206 valence electrons. The van der Waals surface area contributed by atoms with Gasteiger partial charge < -0.3 is 15.3 Å². The number of nitrogens with one attached hydrogen (secondary N) is 1. The van der Waals surface area contributed by atoms with Crippen molar-refractivity contribution in [1.82, 2.24) is 24.9 Å². The average Bonchev–Trinajstić information content (AvgIpc) is 2.96. The molecule has 6 rings (SSSR count). The standard InChI is InChI=1S/C32H47N5O/c1-34-18-11-26-7-3-5-9-28(26)31(34)13-20-36(21-14-31)24-17-33-25-30(38)37-22-15-32(16-23-37)29-10-6-4-8-27(29)12-19-35(32)2/h3-10,30,33,38H,11-25H2,1-2H3. The molecular weight excluding hydrogens is 470 g/mol. The highest BCUT2D eigenvalue weighted by atomic mass is 16.3. The molecule has 6 heteroatoms. The normalized spacial score (nSPS) is 24.8. The van der Waals surface area contributed by atoms with Gasteiger partial charge in [0.2, 0.25) is 0 Å². The summed E-state index contributed by atoms with van der Waals surface area (Å²) >= 11 is 0. The lowest BCUT2D eigenvalue weighted by Crippen LogP contribution is -2.57. The van der Waals surface area contributed by atoms with Crippen LogP contribution in [0.5, 0.6) is 0 Å². The van der Waals surface area contributed by atoms with Crippen LogP contribution in [0.15, 0.2) is 48.5 Å². The van der Waals surface area contributed by atoms with Crippen molar-refractivity contribution >= 4 is 0 Å². The second kappa shape index (κ2) is 11.0. The Morgan fingerprint density at radius 1 is 0.737 bits per heavy atom. The van der Waals surface area contributed by atoms with Gasteiger partial charge in [0.05, 0.1) is 0 Å². The van der Waals surface area contributed by atoms with E-state index >= 15 is 0 Å². The van der Waals surface area contributed by atoms with Crippen LogP contribution in [0, 0.1) is 0 Å². The highest BCUT2D eigenvalue weighted by Crippen LogP contribution is 2.43. The summed E-state index contributed by atoms with van der Waals surface area (Å²) in [5, 5.41) is 14.5.